The molecule has 1 amide bonds. The summed E-state index contributed by atoms with van der Waals surface area (Å²) in [7, 11) is 0. The zero-order chi connectivity index (χ0) is 15.3. The van der Waals surface area contributed by atoms with E-state index in [0.717, 1.165) is 6.42 Å². The van der Waals surface area contributed by atoms with E-state index in [1.807, 2.05) is 0 Å². The summed E-state index contributed by atoms with van der Waals surface area (Å²) in [4.78, 5) is 22.9. The number of carbonyl (C=O) groups is 2. The van der Waals surface area contributed by atoms with Crippen LogP contribution in [0, 0.1) is 5.41 Å². The summed E-state index contributed by atoms with van der Waals surface area (Å²) in [5.41, 5.74) is -0.846. The van der Waals surface area contributed by atoms with Gasteiger partial charge < -0.3 is 15.2 Å². The second-order valence-electron chi connectivity index (χ2n) is 5.27. The van der Waals surface area contributed by atoms with Crippen LogP contribution in [0.2, 0.25) is 5.02 Å². The molecule has 0 unspecified atom stereocenters. The van der Waals surface area contributed by atoms with E-state index < -0.39 is 11.4 Å². The zero-order valence-electron chi connectivity index (χ0n) is 11.6. The summed E-state index contributed by atoms with van der Waals surface area (Å²) in [5.74, 6) is -0.437. The molecule has 0 aliphatic heterocycles. The maximum atomic E-state index is 11.8. The summed E-state index contributed by atoms with van der Waals surface area (Å²) in [6.07, 6.45) is 2.08. The topological polar surface area (TPSA) is 75.6 Å². The Kier molecular flexibility index (Phi) is 5.07. The lowest BCUT2D eigenvalue weighted by molar-refractivity contribution is -0.157. The third-order valence-electron chi connectivity index (χ3n) is 3.77. The van der Waals surface area contributed by atoms with Crippen LogP contribution in [0.25, 0.3) is 0 Å². The molecule has 5 nitrogen and oxygen atoms in total. The standard InChI is InChI=1S/C15H18ClNO4/c16-11-2-4-12(5-3-11)21-9-8-17-13(18)10-15(14(19)20)6-1-7-15/h2-5H,1,6-10H2,(H,17,18)(H,19,20). The Labute approximate surface area is 128 Å². The molecule has 1 fully saturated rings. The van der Waals surface area contributed by atoms with Crippen LogP contribution >= 0.6 is 11.6 Å². The Balaban J connectivity index is 1.67. The summed E-state index contributed by atoms with van der Waals surface area (Å²) in [6.45, 7) is 0.671. The second-order valence-corrected chi connectivity index (χ2v) is 5.70. The highest BCUT2D eigenvalue weighted by atomic mass is 35.5. The Hall–Kier alpha value is -1.75. The van der Waals surface area contributed by atoms with Crippen molar-refractivity contribution in [2.45, 2.75) is 25.7 Å². The van der Waals surface area contributed by atoms with Gasteiger partial charge >= 0.3 is 5.97 Å². The summed E-state index contributed by atoms with van der Waals surface area (Å²) in [5, 5.41) is 12.5. The van der Waals surface area contributed by atoms with Gasteiger partial charge in [0.15, 0.2) is 0 Å². The van der Waals surface area contributed by atoms with Crippen molar-refractivity contribution in [1.29, 1.82) is 0 Å². The van der Waals surface area contributed by atoms with E-state index in [2.05, 4.69) is 5.32 Å². The first-order valence-corrected chi connectivity index (χ1v) is 7.28. The van der Waals surface area contributed by atoms with Gasteiger partial charge in [-0.1, -0.05) is 18.0 Å². The number of ether oxygens (including phenoxy) is 1. The van der Waals surface area contributed by atoms with E-state index in [0.29, 0.717) is 36.8 Å². The second kappa shape index (κ2) is 6.80. The van der Waals surface area contributed by atoms with E-state index in [9.17, 15) is 9.59 Å². The number of carboxylic acids is 1. The first-order valence-electron chi connectivity index (χ1n) is 6.90. The Morgan fingerprint density at radius 2 is 1.95 bits per heavy atom. The predicted octanol–water partition coefficient (Wildman–Crippen LogP) is 2.48. The number of nitrogens with one attached hydrogen (secondary N) is 1. The number of hydrogen-bond acceptors (Lipinski definition) is 3. The van der Waals surface area contributed by atoms with Crippen molar-refractivity contribution in [1.82, 2.24) is 5.32 Å². The Bertz CT molecular complexity index is 511. The fourth-order valence-electron chi connectivity index (χ4n) is 2.33. The summed E-state index contributed by atoms with van der Waals surface area (Å²) < 4.78 is 5.44. The highest BCUT2D eigenvalue weighted by Crippen LogP contribution is 2.44. The highest BCUT2D eigenvalue weighted by Gasteiger charge is 2.45. The average molecular weight is 312 g/mol. The van der Waals surface area contributed by atoms with Gasteiger partial charge in [0, 0.05) is 11.4 Å². The van der Waals surface area contributed by atoms with Gasteiger partial charge in [0.1, 0.15) is 12.4 Å². The SMILES string of the molecule is O=C(CC1(C(=O)O)CCC1)NCCOc1ccc(Cl)cc1. The number of amides is 1. The number of aliphatic carboxylic acids is 1. The van der Waals surface area contributed by atoms with Crippen LogP contribution in [0.5, 0.6) is 5.75 Å². The van der Waals surface area contributed by atoms with Crippen molar-refractivity contribution in [3.8, 4) is 5.75 Å². The van der Waals surface area contributed by atoms with Crippen molar-refractivity contribution in [2.24, 2.45) is 5.41 Å². The van der Waals surface area contributed by atoms with Crippen LogP contribution in [-0.4, -0.2) is 30.1 Å². The maximum absolute atomic E-state index is 11.8. The third-order valence-corrected chi connectivity index (χ3v) is 4.02. The van der Waals surface area contributed by atoms with Gasteiger partial charge in [-0.15, -0.1) is 0 Å². The summed E-state index contributed by atoms with van der Waals surface area (Å²) >= 11 is 5.76. The number of carbonyl (C=O) groups excluding carboxylic acids is 1. The molecular weight excluding hydrogens is 294 g/mol. The molecule has 1 saturated carbocycles. The lowest BCUT2D eigenvalue weighted by Crippen LogP contribution is -2.43. The average Bonchev–Trinajstić information content (AvgIpc) is 2.40. The van der Waals surface area contributed by atoms with Crippen LogP contribution in [0.3, 0.4) is 0 Å². The molecule has 114 valence electrons. The predicted molar refractivity (Wildman–Crippen MR) is 78.5 cm³/mol. The minimum Gasteiger partial charge on any atom is -0.492 e. The van der Waals surface area contributed by atoms with Crippen LogP contribution in [-0.2, 0) is 9.59 Å². The third kappa shape index (κ3) is 4.11. The molecule has 0 atom stereocenters. The molecule has 0 heterocycles. The highest BCUT2D eigenvalue weighted by molar-refractivity contribution is 6.30. The number of halogens is 1. The molecule has 1 aliphatic carbocycles. The molecule has 1 aliphatic rings. The molecule has 1 aromatic carbocycles. The van der Waals surface area contributed by atoms with E-state index in [-0.39, 0.29) is 12.3 Å². The lowest BCUT2D eigenvalue weighted by atomic mass is 9.66. The smallest absolute Gasteiger partial charge is 0.310 e. The van der Waals surface area contributed by atoms with Gasteiger partial charge in [0.25, 0.3) is 0 Å². The zero-order valence-corrected chi connectivity index (χ0v) is 12.4. The monoisotopic (exact) mass is 311 g/mol. The van der Waals surface area contributed by atoms with Gasteiger partial charge in [0.2, 0.25) is 5.91 Å². The quantitative estimate of drug-likeness (QED) is 0.759. The van der Waals surface area contributed by atoms with E-state index >= 15 is 0 Å². The van der Waals surface area contributed by atoms with Crippen molar-refractivity contribution in [3.63, 3.8) is 0 Å². The lowest BCUT2D eigenvalue weighted by Gasteiger charge is -2.36. The van der Waals surface area contributed by atoms with Gasteiger partial charge in [-0.2, -0.15) is 0 Å². The minimum absolute atomic E-state index is 0.0449. The first-order chi connectivity index (χ1) is 10.0. The van der Waals surface area contributed by atoms with Crippen molar-refractivity contribution < 1.29 is 19.4 Å². The maximum Gasteiger partial charge on any atom is 0.310 e. The van der Waals surface area contributed by atoms with Crippen LogP contribution in [0.15, 0.2) is 24.3 Å². The van der Waals surface area contributed by atoms with Crippen molar-refractivity contribution in [2.75, 3.05) is 13.2 Å². The molecule has 0 saturated heterocycles. The molecule has 2 N–H and O–H groups in total. The molecule has 2 rings (SSSR count). The van der Waals surface area contributed by atoms with Crippen LogP contribution in [0.4, 0.5) is 0 Å². The fourth-order valence-corrected chi connectivity index (χ4v) is 2.46. The molecular formula is C15H18ClNO4. The van der Waals surface area contributed by atoms with Gasteiger partial charge in [0.05, 0.1) is 12.0 Å². The molecule has 0 spiro atoms. The molecule has 6 heteroatoms. The molecule has 21 heavy (non-hydrogen) atoms. The largest absolute Gasteiger partial charge is 0.492 e. The first kappa shape index (κ1) is 15.6. The van der Waals surface area contributed by atoms with E-state index in [4.69, 9.17) is 21.4 Å². The van der Waals surface area contributed by atoms with Crippen molar-refractivity contribution >= 4 is 23.5 Å². The van der Waals surface area contributed by atoms with Crippen molar-refractivity contribution in [3.05, 3.63) is 29.3 Å². The number of carboxylic acid groups (broad SMARTS) is 1. The molecule has 0 radical (unpaired) electrons. The summed E-state index contributed by atoms with van der Waals surface area (Å²) in [6, 6.07) is 6.95. The van der Waals surface area contributed by atoms with Crippen LogP contribution < -0.4 is 10.1 Å². The molecule has 1 aromatic rings. The van der Waals surface area contributed by atoms with Gasteiger partial charge in [-0.3, -0.25) is 9.59 Å². The molecule has 0 aromatic heterocycles. The van der Waals surface area contributed by atoms with E-state index in [1.165, 1.54) is 0 Å². The van der Waals surface area contributed by atoms with Gasteiger partial charge in [-0.05, 0) is 37.1 Å². The van der Waals surface area contributed by atoms with Gasteiger partial charge in [-0.25, -0.2) is 0 Å². The number of rotatable bonds is 7. The van der Waals surface area contributed by atoms with E-state index in [1.54, 1.807) is 24.3 Å². The minimum atomic E-state index is -0.874. The Morgan fingerprint density at radius 1 is 1.29 bits per heavy atom. The van der Waals surface area contributed by atoms with Crippen LogP contribution in [0.1, 0.15) is 25.7 Å². The number of hydrogen-bond donors (Lipinski definition) is 2. The normalized spacial score (nSPS) is 15.9. The fraction of sp³-hybridized carbons (Fsp3) is 0.467. The number of benzene rings is 1. The molecule has 0 bridgehead atoms. The Morgan fingerprint density at radius 3 is 2.48 bits per heavy atom.